The zero-order valence-electron chi connectivity index (χ0n) is 17.7. The van der Waals surface area contributed by atoms with Gasteiger partial charge >= 0.3 is 5.97 Å². The van der Waals surface area contributed by atoms with Crippen LogP contribution >= 0.6 is 0 Å². The molecule has 1 amide bonds. The third-order valence-corrected chi connectivity index (χ3v) is 5.82. The van der Waals surface area contributed by atoms with Gasteiger partial charge in [-0.25, -0.2) is 13.2 Å². The lowest BCUT2D eigenvalue weighted by Crippen LogP contribution is -2.26. The van der Waals surface area contributed by atoms with Crippen LogP contribution in [0, 0.1) is 17.0 Å². The molecule has 0 saturated carbocycles. The molecule has 0 radical (unpaired) electrons. The predicted molar refractivity (Wildman–Crippen MR) is 121 cm³/mol. The Kier molecular flexibility index (Phi) is 6.88. The first-order valence-electron chi connectivity index (χ1n) is 9.68. The Labute approximate surface area is 190 Å². The molecule has 9 nitrogen and oxygen atoms in total. The third-order valence-electron chi connectivity index (χ3n) is 4.68. The number of aryl methyl sites for hydroxylation is 1. The summed E-state index contributed by atoms with van der Waals surface area (Å²) in [5.41, 5.74) is 0.858. The lowest BCUT2D eigenvalue weighted by Gasteiger charge is -2.18. The largest absolute Gasteiger partial charge is 0.444 e. The number of esters is 1. The normalized spacial score (nSPS) is 11.9. The number of hydrogen-bond donors (Lipinski definition) is 1. The van der Waals surface area contributed by atoms with E-state index < -0.39 is 43.3 Å². The zero-order valence-corrected chi connectivity index (χ0v) is 18.5. The van der Waals surface area contributed by atoms with Crippen molar-refractivity contribution in [2.75, 3.05) is 11.6 Å². The number of ether oxygens (including phenoxy) is 1. The van der Waals surface area contributed by atoms with Crippen LogP contribution in [0.2, 0.25) is 0 Å². The number of amides is 1. The van der Waals surface area contributed by atoms with E-state index in [1.54, 1.807) is 42.5 Å². The minimum absolute atomic E-state index is 0.266. The van der Waals surface area contributed by atoms with Gasteiger partial charge in [-0.15, -0.1) is 0 Å². The van der Waals surface area contributed by atoms with Crippen molar-refractivity contribution >= 4 is 33.1 Å². The van der Waals surface area contributed by atoms with Crippen LogP contribution in [0.4, 0.5) is 11.4 Å². The monoisotopic (exact) mass is 468 g/mol. The maximum atomic E-state index is 12.9. The molecule has 0 spiro atoms. The summed E-state index contributed by atoms with van der Waals surface area (Å²) in [6.45, 7) is 1.90. The average molecular weight is 468 g/mol. The fourth-order valence-electron chi connectivity index (χ4n) is 3.02. The first-order chi connectivity index (χ1) is 15.6. The first-order valence-corrected chi connectivity index (χ1v) is 11.6. The number of sulfone groups is 1. The Morgan fingerprint density at radius 2 is 1.64 bits per heavy atom. The number of nitro benzene ring substituents is 1. The summed E-state index contributed by atoms with van der Waals surface area (Å²) < 4.78 is 29.0. The number of nitro groups is 1. The number of rotatable bonds is 7. The number of anilines is 1. The van der Waals surface area contributed by atoms with E-state index in [4.69, 9.17) is 4.74 Å². The minimum atomic E-state index is -3.90. The second-order valence-electron chi connectivity index (χ2n) is 7.26. The van der Waals surface area contributed by atoms with Gasteiger partial charge < -0.3 is 10.1 Å². The van der Waals surface area contributed by atoms with Gasteiger partial charge in [0.15, 0.2) is 9.84 Å². The lowest BCUT2D eigenvalue weighted by atomic mass is 10.1. The van der Waals surface area contributed by atoms with Crippen LogP contribution in [0.25, 0.3) is 0 Å². The minimum Gasteiger partial charge on any atom is -0.444 e. The summed E-state index contributed by atoms with van der Waals surface area (Å²) in [5, 5.41) is 14.0. The Morgan fingerprint density at radius 1 is 1.00 bits per heavy atom. The molecule has 0 aliphatic carbocycles. The number of hydrogen-bond acceptors (Lipinski definition) is 7. The Morgan fingerprint density at radius 3 is 2.21 bits per heavy atom. The van der Waals surface area contributed by atoms with Crippen LogP contribution < -0.4 is 5.32 Å². The first kappa shape index (κ1) is 23.6. The topological polar surface area (TPSA) is 133 Å². The van der Waals surface area contributed by atoms with Gasteiger partial charge in [0.2, 0.25) is 6.10 Å². The molecule has 0 fully saturated rings. The fraction of sp³-hybridized carbons (Fsp3) is 0.130. The second kappa shape index (κ2) is 9.61. The summed E-state index contributed by atoms with van der Waals surface area (Å²) in [5.74, 6) is -1.65. The fourth-order valence-corrected chi connectivity index (χ4v) is 3.85. The molecule has 1 atom stereocenters. The summed E-state index contributed by atoms with van der Waals surface area (Å²) in [6, 6.07) is 18.2. The van der Waals surface area contributed by atoms with Crippen molar-refractivity contribution in [3.63, 3.8) is 0 Å². The second-order valence-corrected chi connectivity index (χ2v) is 9.25. The molecule has 10 heteroatoms. The van der Waals surface area contributed by atoms with Gasteiger partial charge in [-0.1, -0.05) is 48.0 Å². The van der Waals surface area contributed by atoms with E-state index in [2.05, 4.69) is 5.32 Å². The molecule has 33 heavy (non-hydrogen) atoms. The highest BCUT2D eigenvalue weighted by molar-refractivity contribution is 7.90. The van der Waals surface area contributed by atoms with Crippen LogP contribution in [0.5, 0.6) is 0 Å². The lowest BCUT2D eigenvalue weighted by molar-refractivity contribution is -0.387. The summed E-state index contributed by atoms with van der Waals surface area (Å²) in [6.07, 6.45) is -0.526. The number of carbonyl (C=O) groups is 2. The van der Waals surface area contributed by atoms with Gasteiger partial charge in [-0.05, 0) is 31.2 Å². The average Bonchev–Trinajstić information content (AvgIpc) is 2.78. The molecule has 0 aromatic heterocycles. The van der Waals surface area contributed by atoms with E-state index in [1.807, 2.05) is 19.1 Å². The van der Waals surface area contributed by atoms with E-state index in [0.717, 1.165) is 30.0 Å². The van der Waals surface area contributed by atoms with Crippen LogP contribution in [-0.4, -0.2) is 31.5 Å². The smallest absolute Gasteiger partial charge is 0.339 e. The number of carbonyl (C=O) groups excluding carboxylic acids is 2. The summed E-state index contributed by atoms with van der Waals surface area (Å²) in [7, 11) is -3.90. The molecule has 1 N–H and O–H groups in total. The van der Waals surface area contributed by atoms with Crippen molar-refractivity contribution in [3.8, 4) is 0 Å². The van der Waals surface area contributed by atoms with E-state index in [9.17, 15) is 28.1 Å². The van der Waals surface area contributed by atoms with Gasteiger partial charge in [0.25, 0.3) is 11.6 Å². The molecule has 0 saturated heterocycles. The maximum Gasteiger partial charge on any atom is 0.339 e. The van der Waals surface area contributed by atoms with Crippen molar-refractivity contribution in [3.05, 3.63) is 99.6 Å². The quantitative estimate of drug-likeness (QED) is 0.316. The van der Waals surface area contributed by atoms with E-state index in [0.29, 0.717) is 11.3 Å². The summed E-state index contributed by atoms with van der Waals surface area (Å²) in [4.78, 5) is 35.7. The highest BCUT2D eigenvalue weighted by atomic mass is 32.2. The Hall–Kier alpha value is -4.05. The van der Waals surface area contributed by atoms with E-state index in [-0.39, 0.29) is 5.56 Å². The van der Waals surface area contributed by atoms with Gasteiger partial charge in [-0.3, -0.25) is 14.9 Å². The Bertz CT molecular complexity index is 1300. The molecular weight excluding hydrogens is 448 g/mol. The van der Waals surface area contributed by atoms with Gasteiger partial charge in [0.1, 0.15) is 4.90 Å². The highest BCUT2D eigenvalue weighted by Gasteiger charge is 2.28. The maximum absolute atomic E-state index is 12.9. The molecule has 0 unspecified atom stereocenters. The molecule has 170 valence electrons. The predicted octanol–water partition coefficient (Wildman–Crippen LogP) is 3.84. The number of nitrogens with zero attached hydrogens (tertiary/aromatic N) is 1. The third kappa shape index (κ3) is 5.80. The van der Waals surface area contributed by atoms with Crippen LogP contribution in [0.15, 0.2) is 77.7 Å². The number of nitrogens with one attached hydrogen (secondary N) is 1. The van der Waals surface area contributed by atoms with Gasteiger partial charge in [0.05, 0.1) is 10.5 Å². The molecule has 0 aliphatic rings. The summed E-state index contributed by atoms with van der Waals surface area (Å²) >= 11 is 0. The molecular formula is C23H20N2O7S. The molecule has 0 aliphatic heterocycles. The molecule has 3 aromatic carbocycles. The SMILES string of the molecule is Cc1ccc(NC(=O)[C@H](OC(=O)c2ccc(S(C)(=O)=O)c([N+](=O)[O-])c2)c2ccccc2)cc1. The van der Waals surface area contributed by atoms with E-state index in [1.165, 1.54) is 0 Å². The standard InChI is InChI=1S/C23H20N2O7S/c1-15-8-11-18(12-9-15)24-22(26)21(16-6-4-3-5-7-16)32-23(27)17-10-13-20(33(2,30)31)19(14-17)25(28)29/h3-14,21H,1-2H3,(H,24,26)/t21-/m1/s1. The van der Waals surface area contributed by atoms with Crippen molar-refractivity contribution in [1.82, 2.24) is 0 Å². The molecule has 3 rings (SSSR count). The molecule has 3 aromatic rings. The van der Waals surface area contributed by atoms with Crippen LogP contribution in [0.3, 0.4) is 0 Å². The van der Waals surface area contributed by atoms with Gasteiger partial charge in [-0.2, -0.15) is 0 Å². The highest BCUT2D eigenvalue weighted by Crippen LogP contribution is 2.27. The zero-order chi connectivity index (χ0) is 24.2. The van der Waals surface area contributed by atoms with E-state index >= 15 is 0 Å². The van der Waals surface area contributed by atoms with Crippen LogP contribution in [0.1, 0.15) is 27.6 Å². The number of benzene rings is 3. The Balaban J connectivity index is 1.92. The van der Waals surface area contributed by atoms with Crippen molar-refractivity contribution in [2.24, 2.45) is 0 Å². The van der Waals surface area contributed by atoms with Crippen molar-refractivity contribution in [2.45, 2.75) is 17.9 Å². The van der Waals surface area contributed by atoms with Gasteiger partial charge in [0, 0.05) is 23.6 Å². The van der Waals surface area contributed by atoms with Crippen LogP contribution in [-0.2, 0) is 19.4 Å². The van der Waals surface area contributed by atoms with Crippen molar-refractivity contribution in [1.29, 1.82) is 0 Å². The molecule has 0 bridgehead atoms. The molecule has 0 heterocycles. The van der Waals surface area contributed by atoms with Crippen molar-refractivity contribution < 1.29 is 27.7 Å².